The van der Waals surface area contributed by atoms with Crippen LogP contribution in [0.4, 0.5) is 0 Å². The number of ether oxygens (including phenoxy) is 3. The molecule has 0 heterocycles. The zero-order valence-electron chi connectivity index (χ0n) is 13.6. The molecule has 0 aliphatic heterocycles. The second-order valence-corrected chi connectivity index (χ2v) is 6.41. The highest BCUT2D eigenvalue weighted by molar-refractivity contribution is 7.89. The Balaban J connectivity index is 3.09. The summed E-state index contributed by atoms with van der Waals surface area (Å²) < 4.78 is 43.4. The molecule has 0 spiro atoms. The van der Waals surface area contributed by atoms with Crippen molar-refractivity contribution in [2.45, 2.75) is 32.1 Å². The van der Waals surface area contributed by atoms with E-state index < -0.39 is 10.0 Å². The van der Waals surface area contributed by atoms with Gasteiger partial charge in [-0.2, -0.15) is 0 Å². The van der Waals surface area contributed by atoms with E-state index in [1.807, 2.05) is 20.8 Å². The van der Waals surface area contributed by atoms with Gasteiger partial charge in [-0.05, 0) is 38.8 Å². The molecule has 0 amide bonds. The van der Waals surface area contributed by atoms with Crippen molar-refractivity contribution in [2.24, 2.45) is 0 Å². The first-order valence-electron chi connectivity index (χ1n) is 7.35. The summed E-state index contributed by atoms with van der Waals surface area (Å²) in [6, 6.07) is 3.21. The summed E-state index contributed by atoms with van der Waals surface area (Å²) in [5.41, 5.74) is 0.837. The summed E-state index contributed by atoms with van der Waals surface area (Å²) in [5, 5.41) is 0. The molecule has 0 aromatic heterocycles. The molecular formula is C15H25NO5S. The van der Waals surface area contributed by atoms with Crippen molar-refractivity contribution < 1.29 is 22.6 Å². The van der Waals surface area contributed by atoms with Gasteiger partial charge in [0.2, 0.25) is 10.0 Å². The number of hydrogen-bond donors (Lipinski definition) is 1. The maximum absolute atomic E-state index is 12.5. The number of sulfonamides is 1. The molecule has 0 unspecified atom stereocenters. The van der Waals surface area contributed by atoms with Gasteiger partial charge < -0.3 is 14.2 Å². The molecule has 1 rings (SSSR count). The highest BCUT2D eigenvalue weighted by Gasteiger charge is 2.21. The van der Waals surface area contributed by atoms with Gasteiger partial charge in [0, 0.05) is 26.3 Å². The number of nitrogens with one attached hydrogen (secondary N) is 1. The van der Waals surface area contributed by atoms with E-state index in [9.17, 15) is 8.42 Å². The van der Waals surface area contributed by atoms with E-state index in [4.69, 9.17) is 14.2 Å². The van der Waals surface area contributed by atoms with Crippen LogP contribution >= 0.6 is 0 Å². The van der Waals surface area contributed by atoms with Gasteiger partial charge in [-0.3, -0.25) is 0 Å². The maximum atomic E-state index is 12.5. The van der Waals surface area contributed by atoms with Gasteiger partial charge >= 0.3 is 0 Å². The smallest absolute Gasteiger partial charge is 0.244 e. The third kappa shape index (κ3) is 5.15. The molecule has 0 aliphatic carbocycles. The van der Waals surface area contributed by atoms with Gasteiger partial charge in [0.1, 0.15) is 16.4 Å². The van der Waals surface area contributed by atoms with E-state index in [2.05, 4.69) is 4.72 Å². The maximum Gasteiger partial charge on any atom is 0.244 e. The largest absolute Gasteiger partial charge is 0.494 e. The molecule has 22 heavy (non-hydrogen) atoms. The van der Waals surface area contributed by atoms with Crippen LogP contribution in [-0.2, 0) is 14.8 Å². The van der Waals surface area contributed by atoms with Gasteiger partial charge in [-0.25, -0.2) is 13.1 Å². The van der Waals surface area contributed by atoms with Gasteiger partial charge in [-0.1, -0.05) is 0 Å². The Kier molecular flexibility index (Phi) is 7.64. The van der Waals surface area contributed by atoms with Crippen LogP contribution in [0.5, 0.6) is 11.5 Å². The van der Waals surface area contributed by atoms with Crippen molar-refractivity contribution in [3.8, 4) is 11.5 Å². The molecule has 1 aromatic rings. The minimum Gasteiger partial charge on any atom is -0.494 e. The predicted molar refractivity (Wildman–Crippen MR) is 85.2 cm³/mol. The molecule has 0 saturated heterocycles. The van der Waals surface area contributed by atoms with Crippen molar-refractivity contribution >= 4 is 10.0 Å². The van der Waals surface area contributed by atoms with Crippen molar-refractivity contribution in [3.63, 3.8) is 0 Å². The fraction of sp³-hybridized carbons (Fsp3) is 0.600. The molecule has 7 heteroatoms. The fourth-order valence-electron chi connectivity index (χ4n) is 1.93. The van der Waals surface area contributed by atoms with Crippen LogP contribution in [-0.4, -0.2) is 41.9 Å². The van der Waals surface area contributed by atoms with E-state index in [0.717, 1.165) is 5.56 Å². The molecule has 6 nitrogen and oxygen atoms in total. The summed E-state index contributed by atoms with van der Waals surface area (Å²) in [6.07, 6.45) is 0.601. The monoisotopic (exact) mass is 331 g/mol. The lowest BCUT2D eigenvalue weighted by molar-refractivity contribution is 0.196. The van der Waals surface area contributed by atoms with Crippen LogP contribution in [0, 0.1) is 6.92 Å². The zero-order valence-corrected chi connectivity index (χ0v) is 14.5. The van der Waals surface area contributed by atoms with Crippen LogP contribution in [0.3, 0.4) is 0 Å². The lowest BCUT2D eigenvalue weighted by Crippen LogP contribution is -2.26. The Hall–Kier alpha value is -1.31. The first-order valence-corrected chi connectivity index (χ1v) is 8.83. The van der Waals surface area contributed by atoms with Crippen LogP contribution in [0.2, 0.25) is 0 Å². The molecule has 0 atom stereocenters. The second kappa shape index (κ2) is 8.97. The first kappa shape index (κ1) is 18.7. The molecule has 1 aromatic carbocycles. The summed E-state index contributed by atoms with van der Waals surface area (Å²) in [4.78, 5) is 0.0980. The Morgan fingerprint density at radius 2 is 1.73 bits per heavy atom. The highest BCUT2D eigenvalue weighted by Crippen LogP contribution is 2.32. The Labute approximate surface area is 132 Å². The van der Waals surface area contributed by atoms with Gasteiger partial charge in [-0.15, -0.1) is 0 Å². The van der Waals surface area contributed by atoms with Crippen LogP contribution in [0.15, 0.2) is 17.0 Å². The van der Waals surface area contributed by atoms with Crippen molar-refractivity contribution in [2.75, 3.05) is 33.5 Å². The summed E-state index contributed by atoms with van der Waals surface area (Å²) >= 11 is 0. The summed E-state index contributed by atoms with van der Waals surface area (Å²) in [7, 11) is -2.08. The molecule has 126 valence electrons. The molecule has 0 radical (unpaired) electrons. The van der Waals surface area contributed by atoms with Crippen molar-refractivity contribution in [1.82, 2.24) is 4.72 Å². The second-order valence-electron chi connectivity index (χ2n) is 4.67. The molecule has 0 saturated carbocycles. The minimum atomic E-state index is -3.66. The predicted octanol–water partition coefficient (Wildman–Crippen LogP) is 2.11. The van der Waals surface area contributed by atoms with E-state index in [-0.39, 0.29) is 4.90 Å². The Morgan fingerprint density at radius 1 is 1.09 bits per heavy atom. The van der Waals surface area contributed by atoms with Gasteiger partial charge in [0.05, 0.1) is 13.2 Å². The lowest BCUT2D eigenvalue weighted by atomic mass is 10.2. The number of rotatable bonds is 10. The lowest BCUT2D eigenvalue weighted by Gasteiger charge is -2.15. The quantitative estimate of drug-likeness (QED) is 0.665. The van der Waals surface area contributed by atoms with Gasteiger partial charge in [0.25, 0.3) is 0 Å². The normalized spacial score (nSPS) is 11.5. The summed E-state index contributed by atoms with van der Waals surface area (Å²) in [6.45, 7) is 7.19. The van der Waals surface area contributed by atoms with E-state index >= 15 is 0 Å². The number of aryl methyl sites for hydroxylation is 1. The standard InChI is InChI=1S/C15H25NO5S/c1-5-20-13-11-15(14(21-6-2)10-12(13)3)22(17,18)16-8-7-9-19-4/h10-11,16H,5-9H2,1-4H3. The SMILES string of the molecule is CCOc1cc(S(=O)(=O)NCCCOC)c(OCC)cc1C. The van der Waals surface area contributed by atoms with Crippen LogP contribution in [0.1, 0.15) is 25.8 Å². The molecule has 0 aliphatic rings. The zero-order chi connectivity index (χ0) is 16.6. The molecule has 1 N–H and O–H groups in total. The topological polar surface area (TPSA) is 73.9 Å². The molecule has 0 bridgehead atoms. The molecular weight excluding hydrogens is 306 g/mol. The molecule has 0 fully saturated rings. The fourth-order valence-corrected chi connectivity index (χ4v) is 3.15. The van der Waals surface area contributed by atoms with Crippen LogP contribution in [0.25, 0.3) is 0 Å². The minimum absolute atomic E-state index is 0.0980. The number of hydrogen-bond acceptors (Lipinski definition) is 5. The number of methoxy groups -OCH3 is 1. The summed E-state index contributed by atoms with van der Waals surface area (Å²) in [5.74, 6) is 0.880. The number of benzene rings is 1. The van der Waals surface area contributed by atoms with E-state index in [0.29, 0.717) is 44.3 Å². The van der Waals surface area contributed by atoms with Gasteiger partial charge in [0.15, 0.2) is 0 Å². The van der Waals surface area contributed by atoms with Crippen molar-refractivity contribution in [3.05, 3.63) is 17.7 Å². The first-order chi connectivity index (χ1) is 10.5. The van der Waals surface area contributed by atoms with E-state index in [1.54, 1.807) is 13.2 Å². The van der Waals surface area contributed by atoms with Crippen LogP contribution < -0.4 is 14.2 Å². The average molecular weight is 331 g/mol. The van der Waals surface area contributed by atoms with Crippen molar-refractivity contribution in [1.29, 1.82) is 0 Å². The third-order valence-corrected chi connectivity index (χ3v) is 4.43. The highest BCUT2D eigenvalue weighted by atomic mass is 32.2. The van der Waals surface area contributed by atoms with E-state index in [1.165, 1.54) is 6.07 Å². The average Bonchev–Trinajstić information content (AvgIpc) is 2.46. The Morgan fingerprint density at radius 3 is 2.32 bits per heavy atom. The third-order valence-electron chi connectivity index (χ3n) is 2.95. The Bertz CT molecular complexity index is 572.